The van der Waals surface area contributed by atoms with Crippen molar-refractivity contribution in [3.63, 3.8) is 0 Å². The van der Waals surface area contributed by atoms with E-state index in [1.54, 1.807) is 12.1 Å². The van der Waals surface area contributed by atoms with E-state index in [2.05, 4.69) is 11.4 Å². The Hall–Kier alpha value is -2.75. The molecule has 0 radical (unpaired) electrons. The lowest BCUT2D eigenvalue weighted by atomic mass is 10.0. The number of hydrogen-bond donors (Lipinski definition) is 2. The van der Waals surface area contributed by atoms with Crippen LogP contribution < -0.4 is 5.32 Å². The second-order valence-corrected chi connectivity index (χ2v) is 6.49. The lowest BCUT2D eigenvalue weighted by molar-refractivity contribution is 0.0927. The van der Waals surface area contributed by atoms with E-state index in [0.717, 1.165) is 46.1 Å². The second-order valence-electron chi connectivity index (χ2n) is 6.49. The van der Waals surface area contributed by atoms with Gasteiger partial charge in [-0.25, -0.2) is 0 Å². The summed E-state index contributed by atoms with van der Waals surface area (Å²) >= 11 is 0. The third-order valence-electron chi connectivity index (χ3n) is 4.55. The molecule has 4 heteroatoms. The van der Waals surface area contributed by atoms with Crippen LogP contribution in [0.25, 0.3) is 11.0 Å². The van der Waals surface area contributed by atoms with Crippen LogP contribution in [0.15, 0.2) is 40.8 Å². The molecule has 2 N–H and O–H groups in total. The first-order valence-corrected chi connectivity index (χ1v) is 8.53. The van der Waals surface area contributed by atoms with E-state index in [9.17, 15) is 9.90 Å². The number of fused-ring (bicyclic) bond motifs is 1. The van der Waals surface area contributed by atoms with Gasteiger partial charge in [-0.1, -0.05) is 24.3 Å². The number of phenols is 1. The molecule has 2 aromatic carbocycles. The number of aryl methyl sites for hydroxylation is 4. The molecular formula is C21H23NO3. The van der Waals surface area contributed by atoms with Gasteiger partial charge in [-0.15, -0.1) is 0 Å². The molecule has 0 fully saturated rings. The lowest BCUT2D eigenvalue weighted by Gasteiger charge is -2.04. The van der Waals surface area contributed by atoms with E-state index in [1.165, 1.54) is 0 Å². The van der Waals surface area contributed by atoms with Crippen molar-refractivity contribution in [3.05, 3.63) is 64.4 Å². The molecule has 0 atom stereocenters. The van der Waals surface area contributed by atoms with Crippen molar-refractivity contribution in [3.8, 4) is 5.75 Å². The highest BCUT2D eigenvalue weighted by atomic mass is 16.3. The minimum absolute atomic E-state index is 0.168. The average molecular weight is 337 g/mol. The second kappa shape index (κ2) is 7.01. The molecule has 1 heterocycles. The molecule has 3 rings (SSSR count). The highest BCUT2D eigenvalue weighted by molar-refractivity contribution is 6.00. The van der Waals surface area contributed by atoms with Crippen LogP contribution in [0.2, 0.25) is 0 Å². The number of carbonyl (C=O) groups is 1. The Morgan fingerprint density at radius 1 is 1.04 bits per heavy atom. The van der Waals surface area contributed by atoms with Crippen LogP contribution in [0.1, 0.15) is 39.2 Å². The number of nitrogens with one attached hydrogen (secondary N) is 1. The fraction of sp³-hybridized carbons (Fsp3) is 0.286. The topological polar surface area (TPSA) is 62.5 Å². The van der Waals surface area contributed by atoms with Crippen molar-refractivity contribution in [2.45, 2.75) is 33.6 Å². The summed E-state index contributed by atoms with van der Waals surface area (Å²) in [6, 6.07) is 11.2. The molecule has 1 aromatic heterocycles. The maximum absolute atomic E-state index is 12.5. The minimum atomic E-state index is -0.168. The number of amides is 1. The molecule has 0 aliphatic carbocycles. The smallest absolute Gasteiger partial charge is 0.287 e. The number of hydrogen-bond acceptors (Lipinski definition) is 3. The molecule has 130 valence electrons. The molecule has 25 heavy (non-hydrogen) atoms. The van der Waals surface area contributed by atoms with Gasteiger partial charge < -0.3 is 14.8 Å². The van der Waals surface area contributed by atoms with E-state index in [-0.39, 0.29) is 11.7 Å². The van der Waals surface area contributed by atoms with Gasteiger partial charge in [0.05, 0.1) is 0 Å². The molecule has 0 aliphatic heterocycles. The summed E-state index contributed by atoms with van der Waals surface area (Å²) in [6.07, 6.45) is 1.67. The lowest BCUT2D eigenvalue weighted by Crippen LogP contribution is -2.24. The standard InChI is InChI=1S/C21H23NO3/c1-13-6-7-14(2)19-18(13)15(3)20(25-19)21(24)22-12-4-5-16-8-10-17(23)11-9-16/h6-11,23H,4-5,12H2,1-3H3,(H,22,24). The number of carbonyl (C=O) groups excluding carboxylic acids is 1. The highest BCUT2D eigenvalue weighted by Crippen LogP contribution is 2.30. The zero-order valence-corrected chi connectivity index (χ0v) is 14.8. The predicted molar refractivity (Wildman–Crippen MR) is 99.2 cm³/mol. The first-order chi connectivity index (χ1) is 12.0. The molecule has 0 bridgehead atoms. The Kier molecular flexibility index (Phi) is 4.79. The minimum Gasteiger partial charge on any atom is -0.508 e. The third-order valence-corrected chi connectivity index (χ3v) is 4.55. The van der Waals surface area contributed by atoms with Gasteiger partial charge in [0.25, 0.3) is 5.91 Å². The summed E-state index contributed by atoms with van der Waals surface area (Å²) in [5, 5.41) is 13.3. The molecule has 0 saturated carbocycles. The van der Waals surface area contributed by atoms with Gasteiger partial charge in [-0.05, 0) is 62.4 Å². The normalized spacial score (nSPS) is 11.0. The average Bonchev–Trinajstić information content (AvgIpc) is 2.95. The van der Waals surface area contributed by atoms with Gasteiger partial charge in [-0.2, -0.15) is 0 Å². The summed E-state index contributed by atoms with van der Waals surface area (Å²) in [5.74, 6) is 0.498. The van der Waals surface area contributed by atoms with E-state index in [0.29, 0.717) is 12.3 Å². The molecule has 0 unspecified atom stereocenters. The molecule has 3 aromatic rings. The van der Waals surface area contributed by atoms with Gasteiger partial charge >= 0.3 is 0 Å². The predicted octanol–water partition coefficient (Wildman–Crippen LogP) is 4.43. The van der Waals surface area contributed by atoms with E-state index in [4.69, 9.17) is 4.42 Å². The Balaban J connectivity index is 1.64. The summed E-state index contributed by atoms with van der Waals surface area (Å²) in [5.41, 5.74) is 4.99. The van der Waals surface area contributed by atoms with Crippen molar-refractivity contribution in [2.24, 2.45) is 0 Å². The summed E-state index contributed by atoms with van der Waals surface area (Å²) < 4.78 is 5.86. The van der Waals surface area contributed by atoms with Crippen LogP contribution in [0.3, 0.4) is 0 Å². The Bertz CT molecular complexity index is 907. The molecule has 0 saturated heterocycles. The third kappa shape index (κ3) is 3.53. The first-order valence-electron chi connectivity index (χ1n) is 8.53. The van der Waals surface area contributed by atoms with Crippen molar-refractivity contribution < 1.29 is 14.3 Å². The maximum Gasteiger partial charge on any atom is 0.287 e. The molecule has 0 aliphatic rings. The quantitative estimate of drug-likeness (QED) is 0.677. The van der Waals surface area contributed by atoms with E-state index < -0.39 is 0 Å². The molecule has 1 amide bonds. The highest BCUT2D eigenvalue weighted by Gasteiger charge is 2.19. The number of furan rings is 1. The van der Waals surface area contributed by atoms with Crippen LogP contribution >= 0.6 is 0 Å². The molecule has 4 nitrogen and oxygen atoms in total. The number of benzene rings is 2. The monoisotopic (exact) mass is 337 g/mol. The zero-order valence-electron chi connectivity index (χ0n) is 14.8. The zero-order chi connectivity index (χ0) is 18.0. The van der Waals surface area contributed by atoms with E-state index >= 15 is 0 Å². The van der Waals surface area contributed by atoms with Crippen molar-refractivity contribution in [2.75, 3.05) is 6.54 Å². The Labute approximate surface area is 147 Å². The van der Waals surface area contributed by atoms with Gasteiger partial charge in [0, 0.05) is 17.5 Å². The van der Waals surface area contributed by atoms with Crippen LogP contribution in [-0.4, -0.2) is 17.6 Å². The number of phenolic OH excluding ortho intramolecular Hbond substituents is 1. The fourth-order valence-corrected chi connectivity index (χ4v) is 3.13. The van der Waals surface area contributed by atoms with Gasteiger partial charge in [0.1, 0.15) is 11.3 Å². The van der Waals surface area contributed by atoms with Crippen LogP contribution in [0, 0.1) is 20.8 Å². The molecular weight excluding hydrogens is 314 g/mol. The first kappa shape index (κ1) is 17.1. The fourth-order valence-electron chi connectivity index (χ4n) is 3.13. The summed E-state index contributed by atoms with van der Waals surface area (Å²) in [7, 11) is 0. The van der Waals surface area contributed by atoms with Gasteiger partial charge in [0.15, 0.2) is 5.76 Å². The summed E-state index contributed by atoms with van der Waals surface area (Å²) in [6.45, 7) is 6.53. The Morgan fingerprint density at radius 2 is 1.72 bits per heavy atom. The van der Waals surface area contributed by atoms with Crippen molar-refractivity contribution >= 4 is 16.9 Å². The van der Waals surface area contributed by atoms with E-state index in [1.807, 2.05) is 39.0 Å². The summed E-state index contributed by atoms with van der Waals surface area (Å²) in [4.78, 5) is 12.5. The molecule has 0 spiro atoms. The number of aromatic hydroxyl groups is 1. The van der Waals surface area contributed by atoms with Gasteiger partial charge in [-0.3, -0.25) is 4.79 Å². The van der Waals surface area contributed by atoms with Crippen molar-refractivity contribution in [1.82, 2.24) is 5.32 Å². The van der Waals surface area contributed by atoms with Crippen LogP contribution in [0.4, 0.5) is 0 Å². The largest absolute Gasteiger partial charge is 0.508 e. The number of rotatable bonds is 5. The van der Waals surface area contributed by atoms with Crippen molar-refractivity contribution in [1.29, 1.82) is 0 Å². The van der Waals surface area contributed by atoms with Crippen LogP contribution in [0.5, 0.6) is 5.75 Å². The SMILES string of the molecule is Cc1ccc(C)c2c(C)c(C(=O)NCCCc3ccc(O)cc3)oc12. The maximum atomic E-state index is 12.5. The van der Waals surface area contributed by atoms with Gasteiger partial charge in [0.2, 0.25) is 0 Å². The van der Waals surface area contributed by atoms with Crippen LogP contribution in [-0.2, 0) is 6.42 Å². The Morgan fingerprint density at radius 3 is 2.40 bits per heavy atom.